The summed E-state index contributed by atoms with van der Waals surface area (Å²) in [6.07, 6.45) is 0. The van der Waals surface area contributed by atoms with Crippen molar-refractivity contribution in [1.29, 1.82) is 5.26 Å². The maximum atomic E-state index is 7.89. The van der Waals surface area contributed by atoms with Crippen LogP contribution in [0.15, 0.2) is 0 Å². The summed E-state index contributed by atoms with van der Waals surface area (Å²) < 4.78 is 0. The Kier molecular flexibility index (Phi) is 2.43. The van der Waals surface area contributed by atoms with Crippen molar-refractivity contribution in [2.45, 2.75) is 0 Å². The van der Waals surface area contributed by atoms with E-state index in [4.69, 9.17) is 5.26 Å². The van der Waals surface area contributed by atoms with Gasteiger partial charge in [-0.15, -0.1) is 0 Å². The third-order valence-electron chi connectivity index (χ3n) is 0.316. The van der Waals surface area contributed by atoms with Crippen LogP contribution in [-0.4, -0.2) is 19.0 Å². The van der Waals surface area contributed by atoms with Gasteiger partial charge in [0.05, 0.1) is 6.07 Å². The number of nitriles is 1. The van der Waals surface area contributed by atoms with E-state index in [9.17, 15) is 0 Å². The molecule has 0 aromatic heterocycles. The van der Waals surface area contributed by atoms with Crippen LogP contribution in [0.1, 0.15) is 0 Å². The molecule has 0 bridgehead atoms. The summed E-state index contributed by atoms with van der Waals surface area (Å²) in [6.45, 7) is 1.43. The van der Waals surface area contributed by atoms with Crippen molar-refractivity contribution in [3.63, 3.8) is 0 Å². The monoisotopic (exact) mass is 83.1 g/mol. The molecule has 0 saturated heterocycles. The lowest BCUT2D eigenvalue weighted by Gasteiger charge is -1.96. The van der Waals surface area contributed by atoms with Gasteiger partial charge in [0, 0.05) is 0 Å². The fraction of sp³-hybridized carbons (Fsp3) is 0.500. The molecule has 0 aromatic carbocycles. The largest absolute Gasteiger partial charge is 0.292 e. The first-order valence-corrected chi connectivity index (χ1v) is 1.66. The zero-order valence-electron chi connectivity index (χ0n) is 3.97. The minimum Gasteiger partial charge on any atom is -0.292 e. The molecule has 0 fully saturated rings. The minimum atomic E-state index is 1.43. The first-order valence-electron chi connectivity index (χ1n) is 1.66. The molecule has 0 atom stereocenters. The molecule has 0 aliphatic rings. The number of hydrogen-bond acceptors (Lipinski definition) is 2. The van der Waals surface area contributed by atoms with Crippen molar-refractivity contribution in [2.24, 2.45) is 0 Å². The fourth-order valence-corrected chi connectivity index (χ4v) is 0.115. The maximum Gasteiger partial charge on any atom is 0.126 e. The van der Waals surface area contributed by atoms with Gasteiger partial charge in [-0.2, -0.15) is 5.26 Å². The topological polar surface area (TPSA) is 27.0 Å². The second-order valence-electron chi connectivity index (χ2n) is 1.22. The number of rotatable bonds is 1. The zero-order chi connectivity index (χ0) is 4.99. The average Bonchev–Trinajstić information content (AvgIpc) is 1.35. The lowest BCUT2D eigenvalue weighted by molar-refractivity contribution is 0.525. The summed E-state index contributed by atoms with van der Waals surface area (Å²) in [6, 6.07) is 1.87. The zero-order valence-corrected chi connectivity index (χ0v) is 3.97. The molecule has 0 N–H and O–H groups in total. The molecule has 0 aliphatic carbocycles. The van der Waals surface area contributed by atoms with Crippen LogP contribution < -0.4 is 0 Å². The average molecular weight is 83.1 g/mol. The first kappa shape index (κ1) is 5.45. The van der Waals surface area contributed by atoms with Gasteiger partial charge in [-0.05, 0) is 14.1 Å². The van der Waals surface area contributed by atoms with E-state index in [1.165, 1.54) is 6.54 Å². The van der Waals surface area contributed by atoms with E-state index in [0.717, 1.165) is 0 Å². The Labute approximate surface area is 38.0 Å². The Morgan fingerprint density at radius 3 is 2.17 bits per heavy atom. The lowest BCUT2D eigenvalue weighted by Crippen LogP contribution is -2.04. The van der Waals surface area contributed by atoms with Crippen molar-refractivity contribution in [3.8, 4) is 6.07 Å². The first-order chi connectivity index (χ1) is 2.77. The molecule has 0 aromatic rings. The predicted octanol–water partition coefficient (Wildman–Crippen LogP) is 0.233. The summed E-state index contributed by atoms with van der Waals surface area (Å²) in [5, 5.41) is 7.89. The fourth-order valence-electron chi connectivity index (χ4n) is 0.115. The molecule has 2 heteroatoms. The summed E-state index contributed by atoms with van der Waals surface area (Å²) >= 11 is 0. The van der Waals surface area contributed by atoms with Crippen LogP contribution in [0.2, 0.25) is 0 Å². The standard InChI is InChI=1S/C4H7N2/c1-6(2)4-3-5/h4H,1-2H3. The van der Waals surface area contributed by atoms with Crippen molar-refractivity contribution >= 4 is 0 Å². The second kappa shape index (κ2) is 2.67. The van der Waals surface area contributed by atoms with Crippen molar-refractivity contribution in [1.82, 2.24) is 4.90 Å². The molecule has 0 aliphatic heterocycles. The van der Waals surface area contributed by atoms with E-state index >= 15 is 0 Å². The SMILES string of the molecule is CN(C)[CH]C#N. The molecule has 0 saturated carbocycles. The van der Waals surface area contributed by atoms with Crippen molar-refractivity contribution < 1.29 is 0 Å². The quantitative estimate of drug-likeness (QED) is 0.454. The third-order valence-corrected chi connectivity index (χ3v) is 0.316. The predicted molar refractivity (Wildman–Crippen MR) is 23.6 cm³/mol. The van der Waals surface area contributed by atoms with Gasteiger partial charge in [0.15, 0.2) is 0 Å². The van der Waals surface area contributed by atoms with Crippen LogP contribution in [0.25, 0.3) is 0 Å². The molecule has 6 heavy (non-hydrogen) atoms. The van der Waals surface area contributed by atoms with Gasteiger partial charge in [-0.25, -0.2) is 0 Å². The molecule has 0 amide bonds. The number of hydrogen-bond donors (Lipinski definition) is 0. The number of nitrogens with zero attached hydrogens (tertiary/aromatic N) is 2. The summed E-state index contributed by atoms with van der Waals surface area (Å²) in [5.74, 6) is 0. The van der Waals surface area contributed by atoms with Gasteiger partial charge >= 0.3 is 0 Å². The van der Waals surface area contributed by atoms with E-state index in [1.807, 2.05) is 20.2 Å². The smallest absolute Gasteiger partial charge is 0.126 e. The van der Waals surface area contributed by atoms with Gasteiger partial charge < -0.3 is 0 Å². The van der Waals surface area contributed by atoms with Gasteiger partial charge in [0.1, 0.15) is 6.54 Å². The Morgan fingerprint density at radius 2 is 2.17 bits per heavy atom. The van der Waals surface area contributed by atoms with E-state index in [2.05, 4.69) is 0 Å². The molecular formula is C4H7N2. The van der Waals surface area contributed by atoms with E-state index in [0.29, 0.717) is 0 Å². The van der Waals surface area contributed by atoms with E-state index in [-0.39, 0.29) is 0 Å². The molecule has 33 valence electrons. The lowest BCUT2D eigenvalue weighted by atomic mass is 10.7. The molecule has 0 spiro atoms. The second-order valence-corrected chi connectivity index (χ2v) is 1.22. The molecule has 2 nitrogen and oxygen atoms in total. The third kappa shape index (κ3) is 3.45. The van der Waals surface area contributed by atoms with Gasteiger partial charge in [0.2, 0.25) is 0 Å². The van der Waals surface area contributed by atoms with Crippen LogP contribution >= 0.6 is 0 Å². The van der Waals surface area contributed by atoms with Crippen LogP contribution in [0.3, 0.4) is 0 Å². The van der Waals surface area contributed by atoms with Gasteiger partial charge in [-0.3, -0.25) is 4.90 Å². The van der Waals surface area contributed by atoms with Crippen LogP contribution in [0.4, 0.5) is 0 Å². The normalized spacial score (nSPS) is 8.33. The minimum absolute atomic E-state index is 1.43. The van der Waals surface area contributed by atoms with Crippen LogP contribution in [0.5, 0.6) is 0 Å². The highest BCUT2D eigenvalue weighted by atomic mass is 15.0. The Balaban J connectivity index is 2.88. The molecule has 0 rings (SSSR count). The summed E-state index contributed by atoms with van der Waals surface area (Å²) in [5.41, 5.74) is 0. The van der Waals surface area contributed by atoms with Gasteiger partial charge in [0.25, 0.3) is 0 Å². The molecule has 0 heterocycles. The highest BCUT2D eigenvalue weighted by molar-refractivity contribution is 4.87. The summed E-state index contributed by atoms with van der Waals surface area (Å²) in [7, 11) is 3.62. The Hall–Kier alpha value is -0.550. The van der Waals surface area contributed by atoms with Crippen LogP contribution in [-0.2, 0) is 0 Å². The summed E-state index contributed by atoms with van der Waals surface area (Å²) in [4.78, 5) is 1.69. The van der Waals surface area contributed by atoms with Crippen molar-refractivity contribution in [3.05, 3.63) is 6.54 Å². The van der Waals surface area contributed by atoms with Crippen LogP contribution in [0, 0.1) is 17.9 Å². The molecular weight excluding hydrogens is 76.1 g/mol. The van der Waals surface area contributed by atoms with E-state index < -0.39 is 0 Å². The van der Waals surface area contributed by atoms with Gasteiger partial charge in [-0.1, -0.05) is 0 Å². The molecule has 1 radical (unpaired) electrons. The Bertz CT molecular complexity index is 60.4. The highest BCUT2D eigenvalue weighted by Crippen LogP contribution is 1.73. The highest BCUT2D eigenvalue weighted by Gasteiger charge is 1.80. The Morgan fingerprint density at radius 1 is 1.67 bits per heavy atom. The maximum absolute atomic E-state index is 7.89. The molecule has 0 unspecified atom stereocenters. The van der Waals surface area contributed by atoms with Crippen molar-refractivity contribution in [2.75, 3.05) is 14.1 Å². The van der Waals surface area contributed by atoms with E-state index in [1.54, 1.807) is 4.90 Å².